The molecule has 0 aromatic carbocycles. The lowest BCUT2D eigenvalue weighted by Crippen LogP contribution is -2.53. The Bertz CT molecular complexity index is 297. The Morgan fingerprint density at radius 2 is 1.94 bits per heavy atom. The number of carboxylic acids is 1. The molecule has 4 nitrogen and oxygen atoms in total. The smallest absolute Gasteiger partial charge is 0.312 e. The summed E-state index contributed by atoms with van der Waals surface area (Å²) in [6, 6.07) is 0. The van der Waals surface area contributed by atoms with Crippen LogP contribution in [0.4, 0.5) is 0 Å². The van der Waals surface area contributed by atoms with E-state index in [4.69, 9.17) is 0 Å². The van der Waals surface area contributed by atoms with Gasteiger partial charge in [-0.15, -0.1) is 0 Å². The summed E-state index contributed by atoms with van der Waals surface area (Å²) in [5, 5.41) is 19.9. The van der Waals surface area contributed by atoms with Crippen molar-refractivity contribution in [1.29, 1.82) is 0 Å². The van der Waals surface area contributed by atoms with Crippen LogP contribution in [0.15, 0.2) is 0 Å². The molecule has 16 heavy (non-hydrogen) atoms. The highest BCUT2D eigenvalue weighted by Gasteiger charge is 2.69. The normalized spacial score (nSPS) is 38.3. The predicted molar refractivity (Wildman–Crippen MR) is 60.1 cm³/mol. The van der Waals surface area contributed by atoms with Gasteiger partial charge in [0.05, 0.1) is 11.0 Å². The number of rotatable bonds is 3. The molecule has 2 fully saturated rings. The molecule has 0 aromatic heterocycles. The summed E-state index contributed by atoms with van der Waals surface area (Å²) in [6.07, 6.45) is 1.82. The van der Waals surface area contributed by atoms with Crippen LogP contribution in [0.25, 0.3) is 0 Å². The summed E-state index contributed by atoms with van der Waals surface area (Å²) in [5.41, 5.74) is -1.84. The van der Waals surface area contributed by atoms with Crippen molar-refractivity contribution in [2.45, 2.75) is 38.7 Å². The van der Waals surface area contributed by atoms with Gasteiger partial charge in [0.25, 0.3) is 0 Å². The Hall–Kier alpha value is -0.610. The van der Waals surface area contributed by atoms with Gasteiger partial charge in [-0.1, -0.05) is 13.8 Å². The first kappa shape index (κ1) is 11.9. The van der Waals surface area contributed by atoms with E-state index in [1.165, 1.54) is 0 Å². The van der Waals surface area contributed by atoms with E-state index in [0.717, 1.165) is 19.6 Å². The van der Waals surface area contributed by atoms with E-state index in [-0.39, 0.29) is 5.92 Å². The van der Waals surface area contributed by atoms with Gasteiger partial charge < -0.3 is 15.1 Å². The summed E-state index contributed by atoms with van der Waals surface area (Å²) < 4.78 is 0. The van der Waals surface area contributed by atoms with Gasteiger partial charge in [-0.25, -0.2) is 0 Å². The van der Waals surface area contributed by atoms with E-state index < -0.39 is 17.0 Å². The van der Waals surface area contributed by atoms with Crippen molar-refractivity contribution in [3.05, 3.63) is 0 Å². The highest BCUT2D eigenvalue weighted by atomic mass is 16.4. The van der Waals surface area contributed by atoms with Gasteiger partial charge in [0.15, 0.2) is 0 Å². The van der Waals surface area contributed by atoms with E-state index >= 15 is 0 Å². The van der Waals surface area contributed by atoms with Crippen molar-refractivity contribution >= 4 is 5.97 Å². The van der Waals surface area contributed by atoms with Gasteiger partial charge in [0.1, 0.15) is 0 Å². The summed E-state index contributed by atoms with van der Waals surface area (Å²) in [6.45, 7) is 6.63. The minimum Gasteiger partial charge on any atom is -0.481 e. The van der Waals surface area contributed by atoms with Gasteiger partial charge in [-0.2, -0.15) is 0 Å². The highest BCUT2D eigenvalue weighted by molar-refractivity contribution is 5.80. The predicted octanol–water partition coefficient (Wildman–Crippen LogP) is 0.944. The molecule has 0 amide bonds. The molecule has 1 aliphatic carbocycles. The second kappa shape index (κ2) is 3.70. The van der Waals surface area contributed by atoms with Crippen LogP contribution in [0.1, 0.15) is 33.1 Å². The SMILES string of the molecule is CCN1CCC(O)(C2(C(=O)O)CC2C)CC1. The molecule has 92 valence electrons. The molecule has 0 spiro atoms. The maximum Gasteiger partial charge on any atom is 0.312 e. The largest absolute Gasteiger partial charge is 0.481 e. The van der Waals surface area contributed by atoms with Crippen LogP contribution in [0.3, 0.4) is 0 Å². The number of hydrogen-bond acceptors (Lipinski definition) is 3. The van der Waals surface area contributed by atoms with Crippen molar-refractivity contribution in [3.63, 3.8) is 0 Å². The fourth-order valence-corrected chi connectivity index (χ4v) is 3.26. The molecule has 2 N–H and O–H groups in total. The summed E-state index contributed by atoms with van der Waals surface area (Å²) in [7, 11) is 0. The molecule has 1 saturated heterocycles. The average Bonchev–Trinajstić information content (AvgIpc) is 2.93. The van der Waals surface area contributed by atoms with Crippen molar-refractivity contribution < 1.29 is 15.0 Å². The molecule has 0 aromatic rings. The summed E-state index contributed by atoms with van der Waals surface area (Å²) in [4.78, 5) is 13.6. The maximum absolute atomic E-state index is 11.4. The van der Waals surface area contributed by atoms with Crippen molar-refractivity contribution in [2.24, 2.45) is 11.3 Å². The van der Waals surface area contributed by atoms with Crippen LogP contribution in [-0.2, 0) is 4.79 Å². The van der Waals surface area contributed by atoms with Crippen LogP contribution in [0.2, 0.25) is 0 Å². The van der Waals surface area contributed by atoms with Crippen molar-refractivity contribution in [3.8, 4) is 0 Å². The third kappa shape index (κ3) is 1.47. The van der Waals surface area contributed by atoms with Gasteiger partial charge in [0.2, 0.25) is 0 Å². The topological polar surface area (TPSA) is 60.8 Å². The number of nitrogens with zero attached hydrogens (tertiary/aromatic N) is 1. The van der Waals surface area contributed by atoms with Crippen LogP contribution >= 0.6 is 0 Å². The van der Waals surface area contributed by atoms with E-state index in [0.29, 0.717) is 19.3 Å². The molecule has 2 aliphatic rings. The molecular weight excluding hydrogens is 206 g/mol. The van der Waals surface area contributed by atoms with E-state index in [1.54, 1.807) is 0 Å². The fraction of sp³-hybridized carbons (Fsp3) is 0.917. The third-order valence-corrected chi connectivity index (χ3v) is 4.65. The Morgan fingerprint density at radius 3 is 2.25 bits per heavy atom. The molecule has 1 saturated carbocycles. The molecule has 0 bridgehead atoms. The number of aliphatic hydroxyl groups is 1. The second-order valence-electron chi connectivity index (χ2n) is 5.35. The Balaban J connectivity index is 2.12. The fourth-order valence-electron chi connectivity index (χ4n) is 3.26. The number of carboxylic acid groups (broad SMARTS) is 1. The van der Waals surface area contributed by atoms with E-state index in [1.807, 2.05) is 6.92 Å². The van der Waals surface area contributed by atoms with Crippen LogP contribution in [0, 0.1) is 11.3 Å². The maximum atomic E-state index is 11.4. The Labute approximate surface area is 96.3 Å². The standard InChI is InChI=1S/C12H21NO3/c1-3-13-6-4-11(16,5-7-13)12(10(14)15)8-9(12)2/h9,16H,3-8H2,1-2H3,(H,14,15). The minimum absolute atomic E-state index is 0.114. The quantitative estimate of drug-likeness (QED) is 0.753. The molecule has 2 atom stereocenters. The van der Waals surface area contributed by atoms with Gasteiger partial charge in [-0.05, 0) is 31.7 Å². The highest BCUT2D eigenvalue weighted by Crippen LogP contribution is 2.62. The number of aliphatic carboxylic acids is 1. The third-order valence-electron chi connectivity index (χ3n) is 4.65. The van der Waals surface area contributed by atoms with Crippen molar-refractivity contribution in [1.82, 2.24) is 4.90 Å². The first-order chi connectivity index (χ1) is 7.46. The molecule has 1 heterocycles. The Morgan fingerprint density at radius 1 is 1.44 bits per heavy atom. The molecule has 4 heteroatoms. The van der Waals surface area contributed by atoms with Crippen molar-refractivity contribution in [2.75, 3.05) is 19.6 Å². The first-order valence-corrected chi connectivity index (χ1v) is 6.14. The summed E-state index contributed by atoms with van der Waals surface area (Å²) >= 11 is 0. The van der Waals surface area contributed by atoms with Gasteiger partial charge >= 0.3 is 5.97 Å². The van der Waals surface area contributed by atoms with E-state index in [9.17, 15) is 15.0 Å². The molecule has 1 aliphatic heterocycles. The van der Waals surface area contributed by atoms with E-state index in [2.05, 4.69) is 11.8 Å². The first-order valence-electron chi connectivity index (χ1n) is 6.14. The zero-order valence-electron chi connectivity index (χ0n) is 10.1. The molecule has 2 rings (SSSR count). The van der Waals surface area contributed by atoms with Crippen LogP contribution in [0.5, 0.6) is 0 Å². The lowest BCUT2D eigenvalue weighted by Gasteiger charge is -2.42. The molecular formula is C12H21NO3. The average molecular weight is 227 g/mol. The number of likely N-dealkylation sites (tertiary alicyclic amines) is 1. The minimum atomic E-state index is -0.982. The number of hydrogen-bond donors (Lipinski definition) is 2. The second-order valence-corrected chi connectivity index (χ2v) is 5.35. The number of carbonyl (C=O) groups is 1. The lowest BCUT2D eigenvalue weighted by molar-refractivity contribution is -0.162. The Kier molecular flexibility index (Phi) is 2.75. The van der Waals surface area contributed by atoms with Crippen LogP contribution < -0.4 is 0 Å². The summed E-state index contributed by atoms with van der Waals surface area (Å²) in [5.74, 6) is -0.698. The van der Waals surface area contributed by atoms with Crippen LogP contribution in [-0.4, -0.2) is 46.3 Å². The zero-order valence-corrected chi connectivity index (χ0v) is 10.1. The van der Waals surface area contributed by atoms with Gasteiger partial charge in [0, 0.05) is 13.1 Å². The molecule has 0 radical (unpaired) electrons. The molecule has 2 unspecified atom stereocenters. The monoisotopic (exact) mass is 227 g/mol. The zero-order chi connectivity index (χ0) is 12.0. The number of piperidine rings is 1. The van der Waals surface area contributed by atoms with Gasteiger partial charge in [-0.3, -0.25) is 4.79 Å². The lowest BCUT2D eigenvalue weighted by atomic mass is 9.75.